The molecule has 1 heterocycles. The third-order valence-electron chi connectivity index (χ3n) is 3.76. The highest BCUT2D eigenvalue weighted by Crippen LogP contribution is 2.31. The van der Waals surface area contributed by atoms with Gasteiger partial charge >= 0.3 is 0 Å². The van der Waals surface area contributed by atoms with Gasteiger partial charge in [-0.15, -0.1) is 11.6 Å². The van der Waals surface area contributed by atoms with Crippen LogP contribution < -0.4 is 10.1 Å². The minimum absolute atomic E-state index is 0.0169. The van der Waals surface area contributed by atoms with E-state index in [9.17, 15) is 4.79 Å². The molecule has 1 aliphatic heterocycles. The number of alkyl halides is 1. The molecule has 1 unspecified atom stereocenters. The summed E-state index contributed by atoms with van der Waals surface area (Å²) in [5.74, 6) is 0.782. The van der Waals surface area contributed by atoms with Crippen molar-refractivity contribution in [1.82, 2.24) is 5.32 Å². The summed E-state index contributed by atoms with van der Waals surface area (Å²) in [6.45, 7) is 0.702. The lowest BCUT2D eigenvalue weighted by Gasteiger charge is -2.19. The number of methoxy groups -OCH3 is 1. The maximum absolute atomic E-state index is 11.9. The Hall–Kier alpha value is -2.00. The number of fused-ring (bicyclic) bond motifs is 1. The molecule has 0 saturated heterocycles. The summed E-state index contributed by atoms with van der Waals surface area (Å²) in [7, 11) is 1.63. The summed E-state index contributed by atoms with van der Waals surface area (Å²) < 4.78 is 5.15. The Morgan fingerprint density at radius 1 is 1.14 bits per heavy atom. The fourth-order valence-electron chi connectivity index (χ4n) is 2.55. The van der Waals surface area contributed by atoms with Gasteiger partial charge in [0.05, 0.1) is 12.5 Å². The van der Waals surface area contributed by atoms with Crippen molar-refractivity contribution in [2.75, 3.05) is 13.7 Å². The molecule has 0 radical (unpaired) electrons. The summed E-state index contributed by atoms with van der Waals surface area (Å²) in [4.78, 5) is 11.9. The van der Waals surface area contributed by atoms with Crippen LogP contribution in [0, 0.1) is 0 Å². The Balaban J connectivity index is 1.92. The van der Waals surface area contributed by atoms with E-state index >= 15 is 0 Å². The SMILES string of the molecule is COc1ccc(C(Cl)c2ccc3c(c2)C(=O)NCC3)cc1. The highest BCUT2D eigenvalue weighted by atomic mass is 35.5. The van der Waals surface area contributed by atoms with Crippen LogP contribution in [0.15, 0.2) is 42.5 Å². The molecule has 1 N–H and O–H groups in total. The fourth-order valence-corrected chi connectivity index (χ4v) is 2.83. The van der Waals surface area contributed by atoms with Gasteiger partial charge in [-0.2, -0.15) is 0 Å². The molecule has 0 spiro atoms. The first-order valence-corrected chi connectivity index (χ1v) is 7.32. The highest BCUT2D eigenvalue weighted by Gasteiger charge is 2.19. The van der Waals surface area contributed by atoms with E-state index in [-0.39, 0.29) is 11.3 Å². The van der Waals surface area contributed by atoms with Crippen molar-refractivity contribution in [3.63, 3.8) is 0 Å². The number of hydrogen-bond donors (Lipinski definition) is 1. The first-order chi connectivity index (χ1) is 10.2. The minimum Gasteiger partial charge on any atom is -0.497 e. The molecule has 1 amide bonds. The second-order valence-electron chi connectivity index (χ2n) is 5.06. The van der Waals surface area contributed by atoms with Gasteiger partial charge < -0.3 is 10.1 Å². The number of amides is 1. The lowest BCUT2D eigenvalue weighted by Crippen LogP contribution is -2.31. The number of rotatable bonds is 3. The monoisotopic (exact) mass is 301 g/mol. The van der Waals surface area contributed by atoms with E-state index < -0.39 is 0 Å². The first kappa shape index (κ1) is 14.0. The van der Waals surface area contributed by atoms with Gasteiger partial charge in [0.2, 0.25) is 0 Å². The van der Waals surface area contributed by atoms with E-state index in [2.05, 4.69) is 5.32 Å². The van der Waals surface area contributed by atoms with Gasteiger partial charge in [-0.3, -0.25) is 4.79 Å². The first-order valence-electron chi connectivity index (χ1n) is 6.88. The number of carbonyl (C=O) groups is 1. The van der Waals surface area contributed by atoms with E-state index in [4.69, 9.17) is 16.3 Å². The summed E-state index contributed by atoms with van der Waals surface area (Å²) in [5.41, 5.74) is 3.73. The zero-order chi connectivity index (χ0) is 14.8. The van der Waals surface area contributed by atoms with Crippen LogP contribution in [0.5, 0.6) is 5.75 Å². The van der Waals surface area contributed by atoms with Crippen molar-refractivity contribution in [3.8, 4) is 5.75 Å². The molecule has 2 aromatic rings. The standard InChI is InChI=1S/C17H16ClNO2/c1-21-14-6-4-12(5-7-14)16(18)13-3-2-11-8-9-19-17(20)15(11)10-13/h2-7,10,16H,8-9H2,1H3,(H,19,20). The molecule has 1 atom stereocenters. The maximum atomic E-state index is 11.9. The van der Waals surface area contributed by atoms with Crippen LogP contribution in [-0.2, 0) is 6.42 Å². The van der Waals surface area contributed by atoms with Gasteiger partial charge in [0.1, 0.15) is 5.75 Å². The predicted molar refractivity (Wildman–Crippen MR) is 83.2 cm³/mol. The van der Waals surface area contributed by atoms with Crippen LogP contribution in [-0.4, -0.2) is 19.6 Å². The number of carbonyl (C=O) groups excluding carboxylic acids is 1. The molecule has 1 aliphatic rings. The second-order valence-corrected chi connectivity index (χ2v) is 5.49. The number of nitrogens with one attached hydrogen (secondary N) is 1. The summed E-state index contributed by atoms with van der Waals surface area (Å²) in [5, 5.41) is 2.58. The summed E-state index contributed by atoms with van der Waals surface area (Å²) >= 11 is 6.54. The van der Waals surface area contributed by atoms with Crippen LogP contribution in [0.2, 0.25) is 0 Å². The summed E-state index contributed by atoms with van der Waals surface area (Å²) in [6.07, 6.45) is 0.872. The molecule has 0 bridgehead atoms. The van der Waals surface area contributed by atoms with Crippen LogP contribution in [0.4, 0.5) is 0 Å². The van der Waals surface area contributed by atoms with Crippen LogP contribution in [0.3, 0.4) is 0 Å². The molecule has 3 nitrogen and oxygen atoms in total. The van der Waals surface area contributed by atoms with Gasteiger partial charge in [-0.05, 0) is 41.3 Å². The average Bonchev–Trinajstić information content (AvgIpc) is 2.54. The Bertz CT molecular complexity index is 667. The molecule has 2 aromatic carbocycles. The third kappa shape index (κ3) is 2.74. The van der Waals surface area contributed by atoms with Gasteiger partial charge in [-0.1, -0.05) is 24.3 Å². The second kappa shape index (κ2) is 5.78. The smallest absolute Gasteiger partial charge is 0.251 e. The molecule has 0 fully saturated rings. The van der Waals surface area contributed by atoms with Crippen molar-refractivity contribution in [2.45, 2.75) is 11.8 Å². The Morgan fingerprint density at radius 3 is 2.57 bits per heavy atom. The number of halogens is 1. The molecule has 21 heavy (non-hydrogen) atoms. The van der Waals surface area contributed by atoms with E-state index in [1.165, 1.54) is 0 Å². The molecule has 0 saturated carbocycles. The molecular formula is C17H16ClNO2. The largest absolute Gasteiger partial charge is 0.497 e. The average molecular weight is 302 g/mol. The molecule has 0 aromatic heterocycles. The normalized spacial score (nSPS) is 15.0. The van der Waals surface area contributed by atoms with E-state index in [1.54, 1.807) is 7.11 Å². The highest BCUT2D eigenvalue weighted by molar-refractivity contribution is 6.22. The Kier molecular flexibility index (Phi) is 3.84. The lowest BCUT2D eigenvalue weighted by atomic mass is 9.95. The number of benzene rings is 2. The third-order valence-corrected chi connectivity index (χ3v) is 4.26. The summed E-state index contributed by atoms with van der Waals surface area (Å²) in [6, 6.07) is 13.5. The van der Waals surface area contributed by atoms with Crippen molar-refractivity contribution >= 4 is 17.5 Å². The lowest BCUT2D eigenvalue weighted by molar-refractivity contribution is 0.0946. The van der Waals surface area contributed by atoms with Crippen LogP contribution in [0.25, 0.3) is 0 Å². The van der Waals surface area contributed by atoms with Crippen LogP contribution in [0.1, 0.15) is 32.4 Å². The Morgan fingerprint density at radius 2 is 1.86 bits per heavy atom. The quantitative estimate of drug-likeness (QED) is 0.883. The molecule has 4 heteroatoms. The fraction of sp³-hybridized carbons (Fsp3) is 0.235. The Labute approximate surface area is 128 Å². The van der Waals surface area contributed by atoms with Gasteiger partial charge in [0.25, 0.3) is 5.91 Å². The van der Waals surface area contributed by atoms with Crippen molar-refractivity contribution in [2.24, 2.45) is 0 Å². The topological polar surface area (TPSA) is 38.3 Å². The number of ether oxygens (including phenoxy) is 1. The van der Waals surface area contributed by atoms with E-state index in [1.807, 2.05) is 42.5 Å². The van der Waals surface area contributed by atoms with E-state index in [0.717, 1.165) is 34.4 Å². The van der Waals surface area contributed by atoms with E-state index in [0.29, 0.717) is 6.54 Å². The zero-order valence-electron chi connectivity index (χ0n) is 11.7. The van der Waals surface area contributed by atoms with Crippen LogP contribution >= 0.6 is 11.6 Å². The van der Waals surface area contributed by atoms with Crippen molar-refractivity contribution < 1.29 is 9.53 Å². The molecular weight excluding hydrogens is 286 g/mol. The van der Waals surface area contributed by atoms with Gasteiger partial charge in [0.15, 0.2) is 0 Å². The molecule has 3 rings (SSSR count). The molecule has 0 aliphatic carbocycles. The molecule has 108 valence electrons. The van der Waals surface area contributed by atoms with Gasteiger partial charge in [0, 0.05) is 12.1 Å². The predicted octanol–water partition coefficient (Wildman–Crippen LogP) is 3.31. The zero-order valence-corrected chi connectivity index (χ0v) is 12.5. The van der Waals surface area contributed by atoms with Gasteiger partial charge in [-0.25, -0.2) is 0 Å². The minimum atomic E-state index is -0.282. The van der Waals surface area contributed by atoms with Crippen molar-refractivity contribution in [3.05, 3.63) is 64.7 Å². The maximum Gasteiger partial charge on any atom is 0.251 e. The number of hydrogen-bond acceptors (Lipinski definition) is 2. The van der Waals surface area contributed by atoms with Crippen molar-refractivity contribution in [1.29, 1.82) is 0 Å².